The zero-order chi connectivity index (χ0) is 9.31. The lowest BCUT2D eigenvalue weighted by Crippen LogP contribution is -2.44. The molecule has 1 saturated heterocycles. The van der Waals surface area contributed by atoms with Gasteiger partial charge in [-0.05, 0) is 5.56 Å². The first-order valence-electron chi connectivity index (χ1n) is 4.49. The van der Waals surface area contributed by atoms with Crippen molar-refractivity contribution in [3.05, 3.63) is 35.9 Å². The number of alkyl halides is 1. The molecule has 1 fully saturated rings. The molecule has 1 aliphatic rings. The standard InChI is InChI=1S/C11H13ClO/c1-11(7-12)8-13-10(11)9-5-3-2-4-6-9/h2-6,10H,7-8H2,1H3/t10-,11-/m0/s1. The van der Waals surface area contributed by atoms with Crippen LogP contribution in [0.5, 0.6) is 0 Å². The third kappa shape index (κ3) is 1.47. The monoisotopic (exact) mass is 196 g/mol. The molecule has 0 N–H and O–H groups in total. The molecule has 0 bridgehead atoms. The van der Waals surface area contributed by atoms with E-state index in [0.717, 1.165) is 6.61 Å². The summed E-state index contributed by atoms with van der Waals surface area (Å²) >= 11 is 5.91. The summed E-state index contributed by atoms with van der Waals surface area (Å²) < 4.78 is 5.54. The third-order valence-corrected chi connectivity index (χ3v) is 3.23. The maximum absolute atomic E-state index is 5.91. The van der Waals surface area contributed by atoms with Gasteiger partial charge < -0.3 is 4.74 Å². The number of halogens is 1. The molecule has 70 valence electrons. The normalized spacial score (nSPS) is 32.6. The fourth-order valence-electron chi connectivity index (χ4n) is 1.69. The highest BCUT2D eigenvalue weighted by Gasteiger charge is 2.44. The van der Waals surface area contributed by atoms with Crippen LogP contribution in [0, 0.1) is 5.41 Å². The number of hydrogen-bond donors (Lipinski definition) is 0. The first-order valence-corrected chi connectivity index (χ1v) is 5.02. The second-order valence-corrected chi connectivity index (χ2v) is 4.16. The Hall–Kier alpha value is -0.530. The zero-order valence-electron chi connectivity index (χ0n) is 7.66. The van der Waals surface area contributed by atoms with Crippen LogP contribution in [0.4, 0.5) is 0 Å². The van der Waals surface area contributed by atoms with Crippen molar-refractivity contribution in [2.75, 3.05) is 12.5 Å². The number of ether oxygens (including phenoxy) is 1. The first kappa shape index (κ1) is 9.04. The number of benzene rings is 1. The van der Waals surface area contributed by atoms with Gasteiger partial charge in [0.05, 0.1) is 12.7 Å². The van der Waals surface area contributed by atoms with E-state index in [2.05, 4.69) is 19.1 Å². The van der Waals surface area contributed by atoms with Crippen molar-refractivity contribution in [1.82, 2.24) is 0 Å². The first-order chi connectivity index (χ1) is 6.26. The van der Waals surface area contributed by atoms with Gasteiger partial charge in [-0.2, -0.15) is 0 Å². The molecule has 1 aliphatic heterocycles. The quantitative estimate of drug-likeness (QED) is 0.661. The Morgan fingerprint density at radius 2 is 2.15 bits per heavy atom. The van der Waals surface area contributed by atoms with Gasteiger partial charge in [-0.15, -0.1) is 11.6 Å². The summed E-state index contributed by atoms with van der Waals surface area (Å²) in [5, 5.41) is 0. The minimum absolute atomic E-state index is 0.128. The molecule has 0 spiro atoms. The molecule has 2 atom stereocenters. The van der Waals surface area contributed by atoms with E-state index in [1.165, 1.54) is 5.56 Å². The molecule has 1 aromatic carbocycles. The molecule has 2 rings (SSSR count). The molecular weight excluding hydrogens is 184 g/mol. The van der Waals surface area contributed by atoms with Gasteiger partial charge in [-0.1, -0.05) is 37.3 Å². The van der Waals surface area contributed by atoms with Gasteiger partial charge in [0.2, 0.25) is 0 Å². The summed E-state index contributed by atoms with van der Waals surface area (Å²) in [6.07, 6.45) is 0.186. The molecular formula is C11H13ClO. The highest BCUT2D eigenvalue weighted by atomic mass is 35.5. The molecule has 0 amide bonds. The molecule has 0 saturated carbocycles. The molecule has 1 heterocycles. The summed E-state index contributed by atoms with van der Waals surface area (Å²) in [6, 6.07) is 10.3. The van der Waals surface area contributed by atoms with Crippen LogP contribution >= 0.6 is 11.6 Å². The van der Waals surface area contributed by atoms with Crippen molar-refractivity contribution in [1.29, 1.82) is 0 Å². The minimum atomic E-state index is 0.128. The van der Waals surface area contributed by atoms with Gasteiger partial charge in [0.25, 0.3) is 0 Å². The summed E-state index contributed by atoms with van der Waals surface area (Å²) in [6.45, 7) is 2.94. The summed E-state index contributed by atoms with van der Waals surface area (Å²) in [7, 11) is 0. The van der Waals surface area contributed by atoms with Crippen LogP contribution in [0.25, 0.3) is 0 Å². The molecule has 13 heavy (non-hydrogen) atoms. The van der Waals surface area contributed by atoms with Crippen molar-refractivity contribution in [3.63, 3.8) is 0 Å². The maximum Gasteiger partial charge on any atom is 0.0912 e. The summed E-state index contributed by atoms with van der Waals surface area (Å²) in [5.41, 5.74) is 1.36. The van der Waals surface area contributed by atoms with Crippen LogP contribution in [-0.2, 0) is 4.74 Å². The predicted molar refractivity (Wildman–Crippen MR) is 54.0 cm³/mol. The van der Waals surface area contributed by atoms with Gasteiger partial charge in [0.1, 0.15) is 0 Å². The summed E-state index contributed by atoms with van der Waals surface area (Å²) in [4.78, 5) is 0. The van der Waals surface area contributed by atoms with E-state index in [4.69, 9.17) is 16.3 Å². The van der Waals surface area contributed by atoms with Crippen molar-refractivity contribution < 1.29 is 4.74 Å². The van der Waals surface area contributed by atoms with Crippen LogP contribution in [-0.4, -0.2) is 12.5 Å². The Kier molecular flexibility index (Phi) is 2.31. The van der Waals surface area contributed by atoms with E-state index >= 15 is 0 Å². The van der Waals surface area contributed by atoms with Crippen molar-refractivity contribution >= 4 is 11.6 Å². The van der Waals surface area contributed by atoms with E-state index in [9.17, 15) is 0 Å². The van der Waals surface area contributed by atoms with Crippen molar-refractivity contribution in [2.45, 2.75) is 13.0 Å². The lowest BCUT2D eigenvalue weighted by molar-refractivity contribution is -0.169. The van der Waals surface area contributed by atoms with E-state index in [0.29, 0.717) is 5.88 Å². The average molecular weight is 197 g/mol. The SMILES string of the molecule is C[C@]1(CCl)CO[C@H]1c1ccccc1. The Morgan fingerprint density at radius 1 is 1.46 bits per heavy atom. The van der Waals surface area contributed by atoms with Crippen molar-refractivity contribution in [3.8, 4) is 0 Å². The van der Waals surface area contributed by atoms with Crippen LogP contribution in [0.15, 0.2) is 30.3 Å². The predicted octanol–water partition coefficient (Wildman–Crippen LogP) is 3.00. The molecule has 0 aromatic heterocycles. The van der Waals surface area contributed by atoms with E-state index in [-0.39, 0.29) is 11.5 Å². The van der Waals surface area contributed by atoms with Crippen molar-refractivity contribution in [2.24, 2.45) is 5.41 Å². The molecule has 1 aromatic rings. The second-order valence-electron chi connectivity index (χ2n) is 3.89. The van der Waals surface area contributed by atoms with Gasteiger partial charge in [0.15, 0.2) is 0 Å². The maximum atomic E-state index is 5.91. The molecule has 2 heteroatoms. The minimum Gasteiger partial charge on any atom is -0.372 e. The number of rotatable bonds is 2. The fraction of sp³-hybridized carbons (Fsp3) is 0.455. The Bertz CT molecular complexity index is 281. The average Bonchev–Trinajstić information content (AvgIpc) is 2.17. The van der Waals surface area contributed by atoms with Crippen LogP contribution in [0.1, 0.15) is 18.6 Å². The highest BCUT2D eigenvalue weighted by Crippen LogP contribution is 2.46. The van der Waals surface area contributed by atoms with Gasteiger partial charge in [0, 0.05) is 11.3 Å². The second kappa shape index (κ2) is 3.32. The highest BCUT2D eigenvalue weighted by molar-refractivity contribution is 6.18. The van der Waals surface area contributed by atoms with E-state index in [1.807, 2.05) is 18.2 Å². The molecule has 1 nitrogen and oxygen atoms in total. The lowest BCUT2D eigenvalue weighted by atomic mass is 9.78. The topological polar surface area (TPSA) is 9.23 Å². The summed E-state index contributed by atoms with van der Waals surface area (Å²) in [5.74, 6) is 0.659. The Morgan fingerprint density at radius 3 is 2.62 bits per heavy atom. The Labute approximate surface area is 83.7 Å². The number of hydrogen-bond acceptors (Lipinski definition) is 1. The smallest absolute Gasteiger partial charge is 0.0912 e. The largest absolute Gasteiger partial charge is 0.372 e. The van der Waals surface area contributed by atoms with Crippen LogP contribution < -0.4 is 0 Å². The fourth-order valence-corrected chi connectivity index (χ4v) is 1.90. The zero-order valence-corrected chi connectivity index (χ0v) is 8.42. The third-order valence-electron chi connectivity index (χ3n) is 2.62. The van der Waals surface area contributed by atoms with Gasteiger partial charge in [-0.3, -0.25) is 0 Å². The van der Waals surface area contributed by atoms with E-state index < -0.39 is 0 Å². The van der Waals surface area contributed by atoms with Gasteiger partial charge in [-0.25, -0.2) is 0 Å². The lowest BCUT2D eigenvalue weighted by Gasteiger charge is -2.45. The van der Waals surface area contributed by atoms with E-state index in [1.54, 1.807) is 0 Å². The molecule has 0 radical (unpaired) electrons. The van der Waals surface area contributed by atoms with Crippen LogP contribution in [0.2, 0.25) is 0 Å². The van der Waals surface area contributed by atoms with Gasteiger partial charge >= 0.3 is 0 Å². The van der Waals surface area contributed by atoms with Crippen LogP contribution in [0.3, 0.4) is 0 Å². The Balaban J connectivity index is 2.20. The molecule has 0 aliphatic carbocycles. The molecule has 0 unspecified atom stereocenters.